The lowest BCUT2D eigenvalue weighted by atomic mass is 10.1. The third-order valence-electron chi connectivity index (χ3n) is 3.23. The predicted octanol–water partition coefficient (Wildman–Crippen LogP) is 2.43. The van der Waals surface area contributed by atoms with Gasteiger partial charge in [-0.05, 0) is 44.0 Å². The van der Waals surface area contributed by atoms with Gasteiger partial charge in [0.05, 0.1) is 11.0 Å². The van der Waals surface area contributed by atoms with Gasteiger partial charge in [-0.15, -0.1) is 13.2 Å². The molecule has 0 saturated carbocycles. The molecule has 22 heavy (non-hydrogen) atoms. The zero-order chi connectivity index (χ0) is 16.4. The maximum atomic E-state index is 12.2. The van der Waals surface area contributed by atoms with E-state index < -0.39 is 28.2 Å². The van der Waals surface area contributed by atoms with Crippen LogP contribution >= 0.6 is 0 Å². The fourth-order valence-corrected chi connectivity index (χ4v) is 3.48. The zero-order valence-electron chi connectivity index (χ0n) is 11.8. The smallest absolute Gasteiger partial charge is 0.406 e. The fourth-order valence-electron chi connectivity index (χ4n) is 2.21. The SMILES string of the molecule is CC(NS(=O)(=O)c1ccc(OC(F)(F)F)cc1)C1CCCO1. The van der Waals surface area contributed by atoms with Gasteiger partial charge in [-0.3, -0.25) is 0 Å². The zero-order valence-corrected chi connectivity index (χ0v) is 12.6. The van der Waals surface area contributed by atoms with E-state index in [4.69, 9.17) is 4.74 Å². The summed E-state index contributed by atoms with van der Waals surface area (Å²) in [6.07, 6.45) is -3.36. The van der Waals surface area contributed by atoms with Crippen LogP contribution < -0.4 is 9.46 Å². The van der Waals surface area contributed by atoms with E-state index in [1.54, 1.807) is 6.92 Å². The van der Waals surface area contributed by atoms with Gasteiger partial charge in [-0.2, -0.15) is 0 Å². The quantitative estimate of drug-likeness (QED) is 0.895. The average molecular weight is 339 g/mol. The Kier molecular flexibility index (Phi) is 4.98. The molecule has 0 bridgehead atoms. The molecule has 0 aromatic heterocycles. The van der Waals surface area contributed by atoms with E-state index in [0.29, 0.717) is 6.61 Å². The minimum absolute atomic E-state index is 0.133. The lowest BCUT2D eigenvalue weighted by molar-refractivity contribution is -0.274. The van der Waals surface area contributed by atoms with E-state index in [-0.39, 0.29) is 11.0 Å². The third-order valence-corrected chi connectivity index (χ3v) is 4.81. The van der Waals surface area contributed by atoms with Crippen molar-refractivity contribution in [1.82, 2.24) is 4.72 Å². The van der Waals surface area contributed by atoms with Crippen molar-refractivity contribution in [3.05, 3.63) is 24.3 Å². The van der Waals surface area contributed by atoms with E-state index in [9.17, 15) is 21.6 Å². The van der Waals surface area contributed by atoms with Crippen molar-refractivity contribution in [3.63, 3.8) is 0 Å². The molecule has 9 heteroatoms. The summed E-state index contributed by atoms with van der Waals surface area (Å²) in [5, 5.41) is 0. The first-order valence-corrected chi connectivity index (χ1v) is 8.15. The topological polar surface area (TPSA) is 64.6 Å². The molecule has 1 aromatic carbocycles. The second-order valence-corrected chi connectivity index (χ2v) is 6.69. The highest BCUT2D eigenvalue weighted by molar-refractivity contribution is 7.89. The van der Waals surface area contributed by atoms with Crippen molar-refractivity contribution in [3.8, 4) is 5.75 Å². The molecule has 5 nitrogen and oxygen atoms in total. The van der Waals surface area contributed by atoms with Crippen LogP contribution in [-0.2, 0) is 14.8 Å². The van der Waals surface area contributed by atoms with Crippen LogP contribution in [0.2, 0.25) is 0 Å². The number of nitrogens with one attached hydrogen (secondary N) is 1. The molecule has 0 radical (unpaired) electrons. The molecular weight excluding hydrogens is 323 g/mol. The Balaban J connectivity index is 2.05. The van der Waals surface area contributed by atoms with Gasteiger partial charge in [0, 0.05) is 12.6 Å². The van der Waals surface area contributed by atoms with Crippen LogP contribution in [-0.4, -0.2) is 33.5 Å². The number of halogens is 3. The Hall–Kier alpha value is -1.32. The number of hydrogen-bond donors (Lipinski definition) is 1. The van der Waals surface area contributed by atoms with Crippen LogP contribution in [0, 0.1) is 0 Å². The molecule has 1 saturated heterocycles. The van der Waals surface area contributed by atoms with Gasteiger partial charge >= 0.3 is 6.36 Å². The molecule has 124 valence electrons. The number of rotatable bonds is 5. The highest BCUT2D eigenvalue weighted by atomic mass is 32.2. The van der Waals surface area contributed by atoms with Gasteiger partial charge in [-0.25, -0.2) is 13.1 Å². The number of hydrogen-bond acceptors (Lipinski definition) is 4. The number of benzene rings is 1. The molecule has 1 aliphatic heterocycles. The molecule has 0 amide bonds. The Labute approximate surface area is 126 Å². The van der Waals surface area contributed by atoms with Gasteiger partial charge in [-0.1, -0.05) is 0 Å². The maximum absolute atomic E-state index is 12.2. The van der Waals surface area contributed by atoms with E-state index >= 15 is 0 Å². The summed E-state index contributed by atoms with van der Waals surface area (Å²) in [7, 11) is -3.82. The number of alkyl halides is 3. The first-order valence-electron chi connectivity index (χ1n) is 6.67. The molecule has 2 atom stereocenters. The Morgan fingerprint density at radius 2 is 1.95 bits per heavy atom. The lowest BCUT2D eigenvalue weighted by Crippen LogP contribution is -2.40. The second-order valence-electron chi connectivity index (χ2n) is 4.98. The van der Waals surface area contributed by atoms with Gasteiger partial charge in [0.1, 0.15) is 5.75 Å². The minimum atomic E-state index is -4.81. The standard InChI is InChI=1S/C13H16F3NO4S/c1-9(12-3-2-8-20-12)17-22(18,19)11-6-4-10(5-7-11)21-13(14,15)16/h4-7,9,12,17H,2-3,8H2,1H3. The fraction of sp³-hybridized carbons (Fsp3) is 0.538. The minimum Gasteiger partial charge on any atom is -0.406 e. The number of sulfonamides is 1. The van der Waals surface area contributed by atoms with E-state index in [1.807, 2.05) is 0 Å². The average Bonchev–Trinajstić information content (AvgIpc) is 2.90. The van der Waals surface area contributed by atoms with Gasteiger partial charge in [0.25, 0.3) is 0 Å². The van der Waals surface area contributed by atoms with E-state index in [1.165, 1.54) is 0 Å². The summed E-state index contributed by atoms with van der Waals surface area (Å²) < 4.78 is 72.1. The maximum Gasteiger partial charge on any atom is 0.573 e. The monoisotopic (exact) mass is 339 g/mol. The molecule has 0 aliphatic carbocycles. The second kappa shape index (κ2) is 6.43. The summed E-state index contributed by atoms with van der Waals surface area (Å²) in [6.45, 7) is 2.29. The Morgan fingerprint density at radius 3 is 2.45 bits per heavy atom. The molecule has 1 aliphatic rings. The van der Waals surface area contributed by atoms with Crippen LogP contribution in [0.15, 0.2) is 29.2 Å². The Bertz CT molecular complexity index is 595. The molecule has 1 aromatic rings. The Morgan fingerprint density at radius 1 is 1.32 bits per heavy atom. The van der Waals surface area contributed by atoms with Crippen molar-refractivity contribution in [1.29, 1.82) is 0 Å². The van der Waals surface area contributed by atoms with Crippen molar-refractivity contribution in [2.24, 2.45) is 0 Å². The van der Waals surface area contributed by atoms with Gasteiger partial charge in [0.15, 0.2) is 0 Å². The largest absolute Gasteiger partial charge is 0.573 e. The normalized spacial score (nSPS) is 20.8. The lowest BCUT2D eigenvalue weighted by Gasteiger charge is -2.20. The summed E-state index contributed by atoms with van der Waals surface area (Å²) in [6, 6.07) is 3.62. The summed E-state index contributed by atoms with van der Waals surface area (Å²) in [5.41, 5.74) is 0. The van der Waals surface area contributed by atoms with Crippen molar-refractivity contribution >= 4 is 10.0 Å². The van der Waals surface area contributed by atoms with E-state index in [0.717, 1.165) is 37.1 Å². The van der Waals surface area contributed by atoms with Crippen LogP contribution in [0.3, 0.4) is 0 Å². The van der Waals surface area contributed by atoms with Crippen LogP contribution in [0.25, 0.3) is 0 Å². The first-order chi connectivity index (χ1) is 10.2. The molecular formula is C13H16F3NO4S. The van der Waals surface area contributed by atoms with Crippen molar-refractivity contribution < 1.29 is 31.1 Å². The third kappa shape index (κ3) is 4.59. The summed E-state index contributed by atoms with van der Waals surface area (Å²) in [5.74, 6) is -0.473. The molecule has 1 N–H and O–H groups in total. The summed E-state index contributed by atoms with van der Waals surface area (Å²) in [4.78, 5) is -0.133. The highest BCUT2D eigenvalue weighted by Gasteiger charge is 2.31. The molecule has 1 heterocycles. The molecule has 0 spiro atoms. The van der Waals surface area contributed by atoms with Crippen molar-refractivity contribution in [2.45, 2.75) is 43.2 Å². The highest BCUT2D eigenvalue weighted by Crippen LogP contribution is 2.24. The molecule has 1 fully saturated rings. The van der Waals surface area contributed by atoms with Gasteiger partial charge in [0.2, 0.25) is 10.0 Å². The van der Waals surface area contributed by atoms with Crippen molar-refractivity contribution in [2.75, 3.05) is 6.61 Å². The molecule has 2 unspecified atom stereocenters. The summed E-state index contributed by atoms with van der Waals surface area (Å²) >= 11 is 0. The first kappa shape index (κ1) is 17.0. The predicted molar refractivity (Wildman–Crippen MR) is 71.9 cm³/mol. The van der Waals surface area contributed by atoms with Crippen LogP contribution in [0.1, 0.15) is 19.8 Å². The van der Waals surface area contributed by atoms with Gasteiger partial charge < -0.3 is 9.47 Å². The van der Waals surface area contributed by atoms with Crippen LogP contribution in [0.5, 0.6) is 5.75 Å². The number of ether oxygens (including phenoxy) is 2. The van der Waals surface area contributed by atoms with Crippen LogP contribution in [0.4, 0.5) is 13.2 Å². The molecule has 2 rings (SSSR count). The van der Waals surface area contributed by atoms with E-state index in [2.05, 4.69) is 9.46 Å².